The molecule has 1 heterocycles. The lowest BCUT2D eigenvalue weighted by atomic mass is 9.96. The maximum absolute atomic E-state index is 11.6. The number of nitrogens with one attached hydrogen (secondary N) is 2. The zero-order chi connectivity index (χ0) is 13.7. The van der Waals surface area contributed by atoms with Crippen LogP contribution in [0.3, 0.4) is 0 Å². The molecule has 6 nitrogen and oxygen atoms in total. The van der Waals surface area contributed by atoms with E-state index in [0.717, 1.165) is 18.4 Å². The van der Waals surface area contributed by atoms with Gasteiger partial charge in [0, 0.05) is 18.7 Å². The van der Waals surface area contributed by atoms with Crippen molar-refractivity contribution < 1.29 is 19.1 Å². The van der Waals surface area contributed by atoms with E-state index in [1.165, 1.54) is 0 Å². The Bertz CT molecular complexity index is 430. The lowest BCUT2D eigenvalue weighted by molar-refractivity contribution is -0.142. The molecule has 0 bridgehead atoms. The molecule has 1 saturated carbocycles. The van der Waals surface area contributed by atoms with E-state index in [2.05, 4.69) is 10.6 Å². The van der Waals surface area contributed by atoms with Crippen LogP contribution in [0, 0.1) is 11.8 Å². The fourth-order valence-corrected chi connectivity index (χ4v) is 2.47. The van der Waals surface area contributed by atoms with Crippen molar-refractivity contribution in [2.45, 2.75) is 25.8 Å². The molecule has 1 aliphatic rings. The van der Waals surface area contributed by atoms with E-state index in [9.17, 15) is 9.59 Å². The van der Waals surface area contributed by atoms with Gasteiger partial charge in [0.2, 0.25) is 0 Å². The van der Waals surface area contributed by atoms with Gasteiger partial charge in [-0.25, -0.2) is 4.79 Å². The molecule has 1 aliphatic carbocycles. The second kappa shape index (κ2) is 6.26. The number of hydrogen-bond acceptors (Lipinski definition) is 3. The Kier molecular flexibility index (Phi) is 4.43. The van der Waals surface area contributed by atoms with Crippen LogP contribution in [0.4, 0.5) is 4.79 Å². The van der Waals surface area contributed by atoms with Crippen LogP contribution in [0.1, 0.15) is 24.8 Å². The van der Waals surface area contributed by atoms with Crippen molar-refractivity contribution in [3.63, 3.8) is 0 Å². The number of carbonyl (C=O) groups is 2. The molecule has 1 aromatic heterocycles. The fourth-order valence-electron chi connectivity index (χ4n) is 2.47. The van der Waals surface area contributed by atoms with Gasteiger partial charge in [0.25, 0.3) is 0 Å². The standard InChI is InChI=1S/C13H18N2O4/c16-12(17)11-3-1-2-10(11)7-15-13(18)14-6-9-4-5-19-8-9/h4-5,8,10-11H,1-3,6-7H2,(H,16,17)(H2,14,15,18). The summed E-state index contributed by atoms with van der Waals surface area (Å²) in [6.45, 7) is 0.809. The van der Waals surface area contributed by atoms with E-state index in [-0.39, 0.29) is 17.9 Å². The Labute approximate surface area is 111 Å². The highest BCUT2D eigenvalue weighted by atomic mass is 16.4. The number of hydrogen-bond donors (Lipinski definition) is 3. The summed E-state index contributed by atoms with van der Waals surface area (Å²) in [5, 5.41) is 14.5. The summed E-state index contributed by atoms with van der Waals surface area (Å²) in [6.07, 6.45) is 5.60. The highest BCUT2D eigenvalue weighted by Gasteiger charge is 2.32. The molecule has 2 unspecified atom stereocenters. The molecular weight excluding hydrogens is 248 g/mol. The predicted molar refractivity (Wildman–Crippen MR) is 67.4 cm³/mol. The zero-order valence-electron chi connectivity index (χ0n) is 10.6. The molecule has 2 atom stereocenters. The Balaban J connectivity index is 1.70. The summed E-state index contributed by atoms with van der Waals surface area (Å²) < 4.78 is 4.89. The Hall–Kier alpha value is -1.98. The van der Waals surface area contributed by atoms with Crippen molar-refractivity contribution >= 4 is 12.0 Å². The first-order valence-electron chi connectivity index (χ1n) is 6.42. The molecule has 3 N–H and O–H groups in total. The van der Waals surface area contributed by atoms with Gasteiger partial charge in [-0.2, -0.15) is 0 Å². The molecule has 0 saturated heterocycles. The molecule has 104 valence electrons. The molecule has 2 rings (SSSR count). The van der Waals surface area contributed by atoms with Crippen molar-refractivity contribution in [3.05, 3.63) is 24.2 Å². The number of amides is 2. The number of furan rings is 1. The lowest BCUT2D eigenvalue weighted by Crippen LogP contribution is -2.39. The van der Waals surface area contributed by atoms with Gasteiger partial charge in [0.15, 0.2) is 0 Å². The summed E-state index contributed by atoms with van der Waals surface area (Å²) in [5.41, 5.74) is 0.888. The molecule has 1 fully saturated rings. The summed E-state index contributed by atoms with van der Waals surface area (Å²) in [7, 11) is 0. The lowest BCUT2D eigenvalue weighted by Gasteiger charge is -2.16. The Morgan fingerprint density at radius 1 is 1.37 bits per heavy atom. The molecule has 19 heavy (non-hydrogen) atoms. The average molecular weight is 266 g/mol. The minimum absolute atomic E-state index is 0.0391. The maximum atomic E-state index is 11.6. The molecule has 0 spiro atoms. The molecule has 0 aliphatic heterocycles. The molecule has 0 aromatic carbocycles. The van der Waals surface area contributed by atoms with Crippen LogP contribution in [0.2, 0.25) is 0 Å². The van der Waals surface area contributed by atoms with E-state index in [1.807, 2.05) is 0 Å². The fraction of sp³-hybridized carbons (Fsp3) is 0.538. The van der Waals surface area contributed by atoms with Gasteiger partial charge in [-0.1, -0.05) is 6.42 Å². The van der Waals surface area contributed by atoms with E-state index in [1.54, 1.807) is 18.6 Å². The van der Waals surface area contributed by atoms with Gasteiger partial charge in [0.1, 0.15) is 0 Å². The monoisotopic (exact) mass is 266 g/mol. The number of rotatable bonds is 5. The highest BCUT2D eigenvalue weighted by Crippen LogP contribution is 2.31. The molecular formula is C13H18N2O4. The predicted octanol–water partition coefficient (Wildman–Crippen LogP) is 1.58. The average Bonchev–Trinajstić information content (AvgIpc) is 3.04. The van der Waals surface area contributed by atoms with E-state index in [0.29, 0.717) is 19.5 Å². The molecule has 0 radical (unpaired) electrons. The summed E-state index contributed by atoms with van der Waals surface area (Å²) >= 11 is 0. The third-order valence-electron chi connectivity index (χ3n) is 3.53. The van der Waals surface area contributed by atoms with Crippen molar-refractivity contribution in [3.8, 4) is 0 Å². The van der Waals surface area contributed by atoms with E-state index in [4.69, 9.17) is 9.52 Å². The summed E-state index contributed by atoms with van der Waals surface area (Å²) in [4.78, 5) is 22.6. The third-order valence-corrected chi connectivity index (χ3v) is 3.53. The van der Waals surface area contributed by atoms with Crippen molar-refractivity contribution in [2.75, 3.05) is 6.54 Å². The molecule has 2 amide bonds. The van der Waals surface area contributed by atoms with E-state index >= 15 is 0 Å². The number of aliphatic carboxylic acids is 1. The third kappa shape index (κ3) is 3.74. The maximum Gasteiger partial charge on any atom is 0.315 e. The Morgan fingerprint density at radius 2 is 2.21 bits per heavy atom. The molecule has 1 aromatic rings. The van der Waals surface area contributed by atoms with Gasteiger partial charge in [-0.05, 0) is 24.8 Å². The first kappa shape index (κ1) is 13.5. The van der Waals surface area contributed by atoms with Crippen molar-refractivity contribution in [2.24, 2.45) is 11.8 Å². The van der Waals surface area contributed by atoms with Gasteiger partial charge in [0.05, 0.1) is 18.4 Å². The van der Waals surface area contributed by atoms with Crippen molar-refractivity contribution in [1.29, 1.82) is 0 Å². The summed E-state index contributed by atoms with van der Waals surface area (Å²) in [5.74, 6) is -1.05. The van der Waals surface area contributed by atoms with Crippen LogP contribution in [0.15, 0.2) is 23.0 Å². The number of urea groups is 1. The van der Waals surface area contributed by atoms with Gasteiger partial charge < -0.3 is 20.2 Å². The number of carbonyl (C=O) groups excluding carboxylic acids is 1. The topological polar surface area (TPSA) is 91.6 Å². The Morgan fingerprint density at radius 3 is 2.89 bits per heavy atom. The minimum atomic E-state index is -0.761. The van der Waals surface area contributed by atoms with Crippen LogP contribution < -0.4 is 10.6 Å². The minimum Gasteiger partial charge on any atom is -0.481 e. The van der Waals surface area contributed by atoms with Crippen molar-refractivity contribution in [1.82, 2.24) is 10.6 Å². The quantitative estimate of drug-likeness (QED) is 0.754. The highest BCUT2D eigenvalue weighted by molar-refractivity contribution is 5.74. The first-order chi connectivity index (χ1) is 9.16. The number of carboxylic acids is 1. The second-order valence-corrected chi connectivity index (χ2v) is 4.83. The first-order valence-corrected chi connectivity index (χ1v) is 6.42. The zero-order valence-corrected chi connectivity index (χ0v) is 10.6. The van der Waals surface area contributed by atoms with E-state index < -0.39 is 5.97 Å². The SMILES string of the molecule is O=C(NCc1ccoc1)NCC1CCCC1C(=O)O. The van der Waals surface area contributed by atoms with Gasteiger partial charge in [-0.15, -0.1) is 0 Å². The smallest absolute Gasteiger partial charge is 0.315 e. The van der Waals surface area contributed by atoms with Gasteiger partial charge in [-0.3, -0.25) is 4.79 Å². The largest absolute Gasteiger partial charge is 0.481 e. The van der Waals surface area contributed by atoms with Crippen LogP contribution in [0.5, 0.6) is 0 Å². The van der Waals surface area contributed by atoms with Crippen LogP contribution in [-0.4, -0.2) is 23.7 Å². The molecule has 6 heteroatoms. The van der Waals surface area contributed by atoms with Gasteiger partial charge >= 0.3 is 12.0 Å². The number of carboxylic acid groups (broad SMARTS) is 1. The second-order valence-electron chi connectivity index (χ2n) is 4.83. The van der Waals surface area contributed by atoms with Crippen LogP contribution in [-0.2, 0) is 11.3 Å². The van der Waals surface area contributed by atoms with Crippen LogP contribution in [0.25, 0.3) is 0 Å². The van der Waals surface area contributed by atoms with Crippen LogP contribution >= 0.6 is 0 Å². The summed E-state index contributed by atoms with van der Waals surface area (Å²) in [6, 6.07) is 1.50. The normalized spacial score (nSPS) is 22.1.